The van der Waals surface area contributed by atoms with Crippen LogP contribution in [0.5, 0.6) is 0 Å². The van der Waals surface area contributed by atoms with Crippen LogP contribution in [0.2, 0.25) is 0 Å². The molecule has 0 radical (unpaired) electrons. The summed E-state index contributed by atoms with van der Waals surface area (Å²) in [5, 5.41) is 11.6. The Morgan fingerprint density at radius 3 is 2.46 bits per heavy atom. The Balaban J connectivity index is 2.00. The first kappa shape index (κ1) is 18.4. The zero-order valence-electron chi connectivity index (χ0n) is 13.1. The van der Waals surface area contributed by atoms with Gasteiger partial charge in [-0.1, -0.05) is 46.3 Å². The first-order valence-electron chi connectivity index (χ1n) is 7.38. The van der Waals surface area contributed by atoms with E-state index < -0.39 is 11.7 Å². The molecule has 0 spiro atoms. The van der Waals surface area contributed by atoms with Crippen molar-refractivity contribution >= 4 is 38.9 Å². The Hall–Kier alpha value is -2.43. The van der Waals surface area contributed by atoms with Crippen molar-refractivity contribution in [2.45, 2.75) is 6.18 Å². The molecule has 26 heavy (non-hydrogen) atoms. The smallest absolute Gasteiger partial charge is 0.235 e. The fourth-order valence-electron chi connectivity index (χ4n) is 2.33. The van der Waals surface area contributed by atoms with E-state index in [9.17, 15) is 18.4 Å². The lowest BCUT2D eigenvalue weighted by Gasteiger charge is -2.09. The average Bonchev–Trinajstić information content (AvgIpc) is 3.09. The minimum Gasteiger partial charge on any atom is -0.235 e. The number of benzene rings is 2. The standard InChI is InChI=1S/C19H10BrF3N2S/c20-15-7-5-12(6-8-15)17-11-26-18(25-17)14(10-24)9-13-3-1-2-4-16(13)19(21,22)23/h1-9,11H/b14-9-. The van der Waals surface area contributed by atoms with Crippen LogP contribution in [0, 0.1) is 11.3 Å². The summed E-state index contributed by atoms with van der Waals surface area (Å²) in [6.45, 7) is 0. The Kier molecular flexibility index (Phi) is 5.25. The Bertz CT molecular complexity index is 999. The Morgan fingerprint density at radius 2 is 1.81 bits per heavy atom. The summed E-state index contributed by atoms with van der Waals surface area (Å²) in [6, 6.07) is 14.6. The molecular formula is C19H10BrF3N2S. The number of halogens is 4. The van der Waals surface area contributed by atoms with Crippen LogP contribution < -0.4 is 0 Å². The van der Waals surface area contributed by atoms with Crippen LogP contribution in [0.25, 0.3) is 22.9 Å². The lowest BCUT2D eigenvalue weighted by Crippen LogP contribution is -2.07. The number of allylic oxidation sites excluding steroid dienone is 1. The molecule has 1 heterocycles. The molecule has 0 bridgehead atoms. The van der Waals surface area contributed by atoms with Gasteiger partial charge in [0.2, 0.25) is 0 Å². The SMILES string of the molecule is N#C/C(=C/c1ccccc1C(F)(F)F)c1nc(-c2ccc(Br)cc2)cs1. The van der Waals surface area contributed by atoms with Crippen molar-refractivity contribution < 1.29 is 13.2 Å². The van der Waals surface area contributed by atoms with Gasteiger partial charge in [0.15, 0.2) is 0 Å². The molecule has 0 saturated carbocycles. The minimum absolute atomic E-state index is 0.0584. The van der Waals surface area contributed by atoms with Crippen molar-refractivity contribution in [3.05, 3.63) is 74.5 Å². The van der Waals surface area contributed by atoms with Crippen LogP contribution in [0.4, 0.5) is 13.2 Å². The van der Waals surface area contributed by atoms with E-state index in [1.807, 2.05) is 30.3 Å². The van der Waals surface area contributed by atoms with E-state index in [0.29, 0.717) is 10.7 Å². The van der Waals surface area contributed by atoms with Crippen LogP contribution in [-0.4, -0.2) is 4.98 Å². The van der Waals surface area contributed by atoms with Crippen LogP contribution in [0.3, 0.4) is 0 Å². The topological polar surface area (TPSA) is 36.7 Å². The van der Waals surface area contributed by atoms with Crippen molar-refractivity contribution in [1.29, 1.82) is 5.26 Å². The molecule has 0 aliphatic carbocycles. The molecule has 7 heteroatoms. The number of rotatable bonds is 3. The monoisotopic (exact) mass is 434 g/mol. The summed E-state index contributed by atoms with van der Waals surface area (Å²) in [7, 11) is 0. The van der Waals surface area contributed by atoms with E-state index in [2.05, 4.69) is 20.9 Å². The molecule has 0 atom stereocenters. The first-order valence-corrected chi connectivity index (χ1v) is 9.05. The minimum atomic E-state index is -4.49. The largest absolute Gasteiger partial charge is 0.416 e. The zero-order valence-corrected chi connectivity index (χ0v) is 15.5. The molecule has 3 aromatic rings. The van der Waals surface area contributed by atoms with E-state index in [4.69, 9.17) is 0 Å². The third kappa shape index (κ3) is 4.03. The molecule has 0 fully saturated rings. The van der Waals surface area contributed by atoms with E-state index in [1.165, 1.54) is 35.6 Å². The molecule has 0 N–H and O–H groups in total. The molecule has 0 saturated heterocycles. The average molecular weight is 435 g/mol. The Morgan fingerprint density at radius 1 is 1.12 bits per heavy atom. The fourth-order valence-corrected chi connectivity index (χ4v) is 3.39. The van der Waals surface area contributed by atoms with Gasteiger partial charge in [-0.3, -0.25) is 0 Å². The van der Waals surface area contributed by atoms with Gasteiger partial charge in [0.05, 0.1) is 16.8 Å². The molecule has 2 aromatic carbocycles. The van der Waals surface area contributed by atoms with Gasteiger partial charge in [0.1, 0.15) is 11.1 Å². The molecule has 0 amide bonds. The van der Waals surface area contributed by atoms with Gasteiger partial charge < -0.3 is 0 Å². The van der Waals surface area contributed by atoms with Gasteiger partial charge in [0, 0.05) is 15.4 Å². The van der Waals surface area contributed by atoms with Crippen molar-refractivity contribution in [1.82, 2.24) is 4.98 Å². The molecule has 0 aliphatic rings. The zero-order chi connectivity index (χ0) is 18.7. The third-order valence-corrected chi connectivity index (χ3v) is 4.97. The van der Waals surface area contributed by atoms with Gasteiger partial charge in [-0.05, 0) is 29.8 Å². The molecule has 2 nitrogen and oxygen atoms in total. The molecular weight excluding hydrogens is 425 g/mol. The van der Waals surface area contributed by atoms with Crippen LogP contribution in [0.15, 0.2) is 58.4 Å². The summed E-state index contributed by atoms with van der Waals surface area (Å²) in [4.78, 5) is 4.40. The van der Waals surface area contributed by atoms with Crippen molar-refractivity contribution in [2.24, 2.45) is 0 Å². The highest BCUT2D eigenvalue weighted by atomic mass is 79.9. The number of hydrogen-bond donors (Lipinski definition) is 0. The van der Waals surface area contributed by atoms with Crippen LogP contribution >= 0.6 is 27.3 Å². The van der Waals surface area contributed by atoms with Gasteiger partial charge >= 0.3 is 6.18 Å². The number of nitrogens with zero attached hydrogens (tertiary/aromatic N) is 2. The van der Waals surface area contributed by atoms with Crippen molar-refractivity contribution in [3.63, 3.8) is 0 Å². The molecule has 3 rings (SSSR count). The highest BCUT2D eigenvalue weighted by Gasteiger charge is 2.32. The molecule has 0 unspecified atom stereocenters. The molecule has 130 valence electrons. The summed E-state index contributed by atoms with van der Waals surface area (Å²) >= 11 is 4.57. The maximum Gasteiger partial charge on any atom is 0.416 e. The normalized spacial score (nSPS) is 12.0. The van der Waals surface area contributed by atoms with Crippen LogP contribution in [0.1, 0.15) is 16.1 Å². The van der Waals surface area contributed by atoms with Gasteiger partial charge in [-0.2, -0.15) is 18.4 Å². The molecule has 0 aliphatic heterocycles. The first-order chi connectivity index (χ1) is 12.4. The maximum atomic E-state index is 13.1. The second-order valence-electron chi connectivity index (χ2n) is 5.30. The highest BCUT2D eigenvalue weighted by Crippen LogP contribution is 2.34. The lowest BCUT2D eigenvalue weighted by atomic mass is 10.0. The quantitative estimate of drug-likeness (QED) is 0.432. The van der Waals surface area contributed by atoms with Crippen molar-refractivity contribution in [2.75, 3.05) is 0 Å². The van der Waals surface area contributed by atoms with E-state index in [-0.39, 0.29) is 11.1 Å². The summed E-state index contributed by atoms with van der Waals surface area (Å²) < 4.78 is 40.3. The second kappa shape index (κ2) is 7.44. The second-order valence-corrected chi connectivity index (χ2v) is 7.07. The van der Waals surface area contributed by atoms with E-state index in [1.54, 1.807) is 5.38 Å². The number of alkyl halides is 3. The fraction of sp³-hybridized carbons (Fsp3) is 0.0526. The highest BCUT2D eigenvalue weighted by molar-refractivity contribution is 9.10. The predicted octanol–water partition coefficient (Wildman–Crippen LogP) is 6.66. The number of nitriles is 1. The van der Waals surface area contributed by atoms with Gasteiger partial charge in [-0.15, -0.1) is 11.3 Å². The van der Waals surface area contributed by atoms with Crippen molar-refractivity contribution in [3.8, 4) is 17.3 Å². The maximum absolute atomic E-state index is 13.1. The molecule has 1 aromatic heterocycles. The lowest BCUT2D eigenvalue weighted by molar-refractivity contribution is -0.137. The summed E-state index contributed by atoms with van der Waals surface area (Å²) in [6.07, 6.45) is -3.26. The van der Waals surface area contributed by atoms with Gasteiger partial charge in [-0.25, -0.2) is 4.98 Å². The number of hydrogen-bond acceptors (Lipinski definition) is 3. The summed E-state index contributed by atoms with van der Waals surface area (Å²) in [5.74, 6) is 0. The van der Waals surface area contributed by atoms with Crippen LogP contribution in [-0.2, 0) is 6.18 Å². The summed E-state index contributed by atoms with van der Waals surface area (Å²) in [5.41, 5.74) is 0.788. The Labute approximate surface area is 160 Å². The van der Waals surface area contributed by atoms with Gasteiger partial charge in [0.25, 0.3) is 0 Å². The number of thiazole rings is 1. The predicted molar refractivity (Wildman–Crippen MR) is 100 cm³/mol. The third-order valence-electron chi connectivity index (χ3n) is 3.56. The van der Waals surface area contributed by atoms with E-state index >= 15 is 0 Å². The number of aromatic nitrogens is 1. The van der Waals surface area contributed by atoms with E-state index in [0.717, 1.165) is 16.1 Å².